The Morgan fingerprint density at radius 3 is 2.47 bits per heavy atom. The number of aromatic nitrogens is 6. The molecule has 49 heavy (non-hydrogen) atoms. The number of nitrogens with zero attached hydrogens (tertiary/aromatic N) is 6. The molecule has 1 atom stereocenters. The molecule has 0 aliphatic rings. The van der Waals surface area contributed by atoms with Crippen LogP contribution in [0.1, 0.15) is 76.4 Å². The van der Waals surface area contributed by atoms with Crippen LogP contribution >= 0.6 is 11.6 Å². The first-order valence-electron chi connectivity index (χ1n) is 16.4. The summed E-state index contributed by atoms with van der Waals surface area (Å²) >= 11 is 6.63. The molecule has 15 heteroatoms. The zero-order valence-electron chi connectivity index (χ0n) is 28.0. The number of hydrogen-bond donors (Lipinski definition) is 1. The maximum absolute atomic E-state index is 13.0. The quantitative estimate of drug-likeness (QED) is 0.0468. The molecule has 0 aliphatic carbocycles. The lowest BCUT2D eigenvalue weighted by Gasteiger charge is -2.19. The predicted molar refractivity (Wildman–Crippen MR) is 180 cm³/mol. The van der Waals surface area contributed by atoms with Crippen molar-refractivity contribution in [2.45, 2.75) is 78.9 Å². The summed E-state index contributed by atoms with van der Waals surface area (Å²) in [5.74, 6) is 0.384. The number of imidazole rings is 1. The average Bonchev–Trinajstić information content (AvgIpc) is 3.72. The van der Waals surface area contributed by atoms with E-state index >= 15 is 0 Å². The van der Waals surface area contributed by atoms with Crippen LogP contribution in [0.25, 0.3) is 22.5 Å². The van der Waals surface area contributed by atoms with E-state index in [1.807, 2.05) is 66.9 Å². The first-order valence-corrected chi connectivity index (χ1v) is 16.8. The minimum atomic E-state index is -0.902. The highest BCUT2D eigenvalue weighted by molar-refractivity contribution is 6.30. The van der Waals surface area contributed by atoms with Crippen molar-refractivity contribution in [2.75, 3.05) is 13.2 Å². The van der Waals surface area contributed by atoms with Crippen molar-refractivity contribution in [3.63, 3.8) is 0 Å². The first kappa shape index (κ1) is 37.0. The Balaban J connectivity index is 1.42. The predicted octanol–water partition coefficient (Wildman–Crippen LogP) is 6.40. The minimum Gasteiger partial charge on any atom is -0.465 e. The van der Waals surface area contributed by atoms with Gasteiger partial charge < -0.3 is 18.9 Å². The molecule has 0 aliphatic heterocycles. The standard InChI is InChI=1S/C34H42ClN7O7/c1-4-5-11-30-36-33(35)29(22-48-32(44)19-25(18-23(2)3)21-47-31(43)12-8-17-49-42(45)46)41(30)20-24-13-15-26(16-14-24)27-9-6-7-10-28(27)34-37-39-40-38-34/h6-7,9-10,13-16,23,25H,4-5,8,11-12,17-22H2,1-3H3,(H,37,38,39,40)/t25-/m1/s1. The van der Waals surface area contributed by atoms with E-state index in [1.54, 1.807) is 0 Å². The first-order chi connectivity index (χ1) is 23.6. The van der Waals surface area contributed by atoms with E-state index in [4.69, 9.17) is 21.1 Å². The fourth-order valence-electron chi connectivity index (χ4n) is 5.49. The molecule has 2 heterocycles. The molecule has 0 saturated carbocycles. The summed E-state index contributed by atoms with van der Waals surface area (Å²) in [7, 11) is 0. The number of benzene rings is 2. The molecule has 0 unspecified atom stereocenters. The monoisotopic (exact) mass is 695 g/mol. The Labute approximate surface area is 289 Å². The number of unbranched alkanes of at least 4 members (excludes halogenated alkanes) is 1. The zero-order chi connectivity index (χ0) is 35.2. The highest BCUT2D eigenvalue weighted by Crippen LogP contribution is 2.30. The van der Waals surface area contributed by atoms with E-state index in [0.717, 1.165) is 47.3 Å². The number of nitrogens with one attached hydrogen (secondary N) is 1. The molecule has 262 valence electrons. The summed E-state index contributed by atoms with van der Waals surface area (Å²) in [6.07, 6.45) is 3.46. The normalized spacial score (nSPS) is 11.8. The van der Waals surface area contributed by atoms with Crippen molar-refractivity contribution in [2.24, 2.45) is 11.8 Å². The van der Waals surface area contributed by atoms with Gasteiger partial charge in [-0.1, -0.05) is 87.3 Å². The van der Waals surface area contributed by atoms with Crippen molar-refractivity contribution in [1.29, 1.82) is 0 Å². The molecular weight excluding hydrogens is 654 g/mol. The molecule has 0 radical (unpaired) electrons. The molecule has 4 rings (SSSR count). The number of hydrogen-bond acceptors (Lipinski definition) is 11. The third-order valence-electron chi connectivity index (χ3n) is 7.81. The van der Waals surface area contributed by atoms with Gasteiger partial charge in [0.2, 0.25) is 5.82 Å². The van der Waals surface area contributed by atoms with Gasteiger partial charge in [0.05, 0.1) is 25.3 Å². The number of esters is 2. The third-order valence-corrected chi connectivity index (χ3v) is 8.11. The molecule has 1 N–H and O–H groups in total. The highest BCUT2D eigenvalue weighted by Gasteiger charge is 2.22. The lowest BCUT2D eigenvalue weighted by Crippen LogP contribution is -2.21. The fraction of sp³-hybridized carbons (Fsp3) is 0.471. The SMILES string of the molecule is CCCCc1nc(Cl)c(COC(=O)C[C@H](COC(=O)CCCO[N+](=O)[O-])CC(C)C)n1Cc1ccc(-c2ccccc2-c2nn[nH]n2)cc1. The fourth-order valence-corrected chi connectivity index (χ4v) is 5.75. The molecule has 0 bridgehead atoms. The maximum Gasteiger partial charge on any atom is 0.306 e. The number of halogens is 1. The van der Waals surface area contributed by atoms with Gasteiger partial charge in [0.15, 0.2) is 5.15 Å². The molecular formula is C34H42ClN7O7. The van der Waals surface area contributed by atoms with E-state index in [9.17, 15) is 19.7 Å². The number of aromatic amines is 1. The second kappa shape index (κ2) is 18.6. The molecule has 2 aromatic carbocycles. The molecule has 0 saturated heterocycles. The average molecular weight is 696 g/mol. The van der Waals surface area contributed by atoms with Gasteiger partial charge in [0.1, 0.15) is 12.4 Å². The van der Waals surface area contributed by atoms with Gasteiger partial charge in [-0.05, 0) is 47.1 Å². The lowest BCUT2D eigenvalue weighted by molar-refractivity contribution is -0.757. The van der Waals surface area contributed by atoms with Crippen molar-refractivity contribution in [3.8, 4) is 22.5 Å². The molecule has 0 spiro atoms. The third kappa shape index (κ3) is 11.4. The summed E-state index contributed by atoms with van der Waals surface area (Å²) in [5, 5.41) is 24.1. The van der Waals surface area contributed by atoms with Gasteiger partial charge in [-0.15, -0.1) is 20.3 Å². The molecule has 0 amide bonds. The highest BCUT2D eigenvalue weighted by atomic mass is 35.5. The summed E-state index contributed by atoms with van der Waals surface area (Å²) < 4.78 is 13.1. The number of carbonyl (C=O) groups excluding carboxylic acids is 2. The Morgan fingerprint density at radius 1 is 1.04 bits per heavy atom. The zero-order valence-corrected chi connectivity index (χ0v) is 28.7. The van der Waals surface area contributed by atoms with E-state index in [1.165, 1.54) is 0 Å². The second-order valence-corrected chi connectivity index (χ2v) is 12.5. The summed E-state index contributed by atoms with van der Waals surface area (Å²) in [5.41, 5.74) is 4.47. The summed E-state index contributed by atoms with van der Waals surface area (Å²) in [6.45, 7) is 6.42. The topological polar surface area (TPSA) is 177 Å². The number of tetrazole rings is 1. The Kier molecular flexibility index (Phi) is 14.1. The van der Waals surface area contributed by atoms with Crippen LogP contribution in [-0.2, 0) is 43.5 Å². The molecule has 0 fully saturated rings. The van der Waals surface area contributed by atoms with Crippen LogP contribution < -0.4 is 0 Å². The van der Waals surface area contributed by atoms with Crippen LogP contribution in [-0.4, -0.2) is 60.4 Å². The van der Waals surface area contributed by atoms with Gasteiger partial charge in [0, 0.05) is 30.9 Å². The number of aryl methyl sites for hydroxylation is 1. The van der Waals surface area contributed by atoms with Crippen molar-refractivity contribution in [1.82, 2.24) is 30.2 Å². The van der Waals surface area contributed by atoms with Crippen molar-refractivity contribution in [3.05, 3.63) is 80.9 Å². The minimum absolute atomic E-state index is 0.0220. The number of carbonyl (C=O) groups is 2. The molecule has 4 aromatic rings. The largest absolute Gasteiger partial charge is 0.465 e. The van der Waals surface area contributed by atoms with E-state index in [0.29, 0.717) is 29.6 Å². The Bertz CT molecular complexity index is 1660. The van der Waals surface area contributed by atoms with Gasteiger partial charge >= 0.3 is 11.9 Å². The van der Waals surface area contributed by atoms with Crippen molar-refractivity contribution < 1.29 is 29.0 Å². The van der Waals surface area contributed by atoms with Gasteiger partial charge in [-0.3, -0.25) is 9.59 Å². The smallest absolute Gasteiger partial charge is 0.306 e. The van der Waals surface area contributed by atoms with Crippen molar-refractivity contribution >= 4 is 23.5 Å². The summed E-state index contributed by atoms with van der Waals surface area (Å²) in [6, 6.07) is 16.0. The van der Waals surface area contributed by atoms with E-state index in [2.05, 4.69) is 37.4 Å². The Morgan fingerprint density at radius 2 is 1.80 bits per heavy atom. The lowest BCUT2D eigenvalue weighted by atomic mass is 9.95. The van der Waals surface area contributed by atoms with E-state index < -0.39 is 17.0 Å². The molecule has 14 nitrogen and oxygen atoms in total. The molecule has 2 aromatic heterocycles. The summed E-state index contributed by atoms with van der Waals surface area (Å²) in [4.78, 5) is 44.3. The van der Waals surface area contributed by atoms with Crippen LogP contribution in [0.5, 0.6) is 0 Å². The van der Waals surface area contributed by atoms with Gasteiger partial charge in [-0.2, -0.15) is 5.21 Å². The number of ether oxygens (including phenoxy) is 2. The van der Waals surface area contributed by atoms with Crippen LogP contribution in [0.15, 0.2) is 48.5 Å². The number of rotatable bonds is 20. The second-order valence-electron chi connectivity index (χ2n) is 12.1. The van der Waals surface area contributed by atoms with Crippen LogP contribution in [0.3, 0.4) is 0 Å². The van der Waals surface area contributed by atoms with Gasteiger partial charge in [-0.25, -0.2) is 4.98 Å². The maximum atomic E-state index is 13.0. The van der Waals surface area contributed by atoms with Gasteiger partial charge in [0.25, 0.3) is 5.09 Å². The Hall–Kier alpha value is -4.85. The van der Waals surface area contributed by atoms with Crippen LogP contribution in [0.2, 0.25) is 5.15 Å². The number of H-pyrrole nitrogens is 1. The van der Waals surface area contributed by atoms with Crippen LogP contribution in [0, 0.1) is 22.0 Å². The van der Waals surface area contributed by atoms with Crippen LogP contribution in [0.4, 0.5) is 0 Å². The van der Waals surface area contributed by atoms with E-state index in [-0.39, 0.29) is 50.9 Å².